The summed E-state index contributed by atoms with van der Waals surface area (Å²) in [5, 5.41) is 0. The van der Waals surface area contributed by atoms with E-state index in [1.807, 2.05) is 6.26 Å². The van der Waals surface area contributed by atoms with E-state index in [1.54, 1.807) is 12.1 Å². The van der Waals surface area contributed by atoms with Crippen molar-refractivity contribution in [3.8, 4) is 0 Å². The van der Waals surface area contributed by atoms with Crippen molar-refractivity contribution in [2.24, 2.45) is 5.73 Å². The lowest BCUT2D eigenvalue weighted by atomic mass is 10.1. The van der Waals surface area contributed by atoms with Crippen LogP contribution in [0.25, 0.3) is 0 Å². The third-order valence-corrected chi connectivity index (χ3v) is 2.39. The maximum atomic E-state index is 10.9. The molecule has 0 heterocycles. The van der Waals surface area contributed by atoms with Gasteiger partial charge in [-0.1, -0.05) is 0 Å². The van der Waals surface area contributed by atoms with Crippen LogP contribution in [0, 0.1) is 0 Å². The number of hydrogen-bond acceptors (Lipinski definition) is 4. The molecule has 0 saturated carbocycles. The van der Waals surface area contributed by atoms with Crippen molar-refractivity contribution in [1.82, 2.24) is 0 Å². The van der Waals surface area contributed by atoms with Crippen LogP contribution in [0.5, 0.6) is 0 Å². The van der Waals surface area contributed by atoms with Crippen molar-refractivity contribution >= 4 is 29.0 Å². The van der Waals surface area contributed by atoms with Gasteiger partial charge in [0.15, 0.2) is 0 Å². The summed E-state index contributed by atoms with van der Waals surface area (Å²) in [6.45, 7) is 0. The number of rotatable bonds is 2. The lowest BCUT2D eigenvalue weighted by Gasteiger charge is -2.07. The Bertz CT molecular complexity index is 351. The first-order valence-electron chi connectivity index (χ1n) is 3.59. The van der Waals surface area contributed by atoms with Crippen LogP contribution in [0.4, 0.5) is 11.4 Å². The molecule has 0 aromatic heterocycles. The molecule has 0 aliphatic rings. The minimum atomic E-state index is -0.555. The average molecular weight is 197 g/mol. The molecule has 0 unspecified atom stereocenters. The Morgan fingerprint density at radius 3 is 2.46 bits per heavy atom. The van der Waals surface area contributed by atoms with Crippen molar-refractivity contribution in [3.63, 3.8) is 0 Å². The van der Waals surface area contributed by atoms with E-state index in [1.165, 1.54) is 11.8 Å². The minimum Gasteiger partial charge on any atom is -0.397 e. The summed E-state index contributed by atoms with van der Waals surface area (Å²) in [6, 6.07) is 3.35. The summed E-state index contributed by atoms with van der Waals surface area (Å²) in [4.78, 5) is 11.8. The smallest absolute Gasteiger partial charge is 0.250 e. The second kappa shape index (κ2) is 3.57. The number of hydrogen-bond donors (Lipinski definition) is 3. The largest absolute Gasteiger partial charge is 0.397 e. The number of carbonyl (C=O) groups is 1. The Morgan fingerprint density at radius 2 is 2.00 bits per heavy atom. The molecule has 70 valence electrons. The van der Waals surface area contributed by atoms with Crippen molar-refractivity contribution in [1.29, 1.82) is 0 Å². The molecule has 5 heteroatoms. The molecule has 0 bridgehead atoms. The van der Waals surface area contributed by atoms with Crippen molar-refractivity contribution in [3.05, 3.63) is 17.7 Å². The molecule has 1 aromatic carbocycles. The molecule has 6 N–H and O–H groups in total. The zero-order valence-corrected chi connectivity index (χ0v) is 8.02. The van der Waals surface area contributed by atoms with E-state index in [4.69, 9.17) is 17.2 Å². The van der Waals surface area contributed by atoms with E-state index >= 15 is 0 Å². The lowest BCUT2D eigenvalue weighted by molar-refractivity contribution is 0.100. The number of anilines is 2. The normalized spacial score (nSPS) is 9.92. The fraction of sp³-hybridized carbons (Fsp3) is 0.125. The molecular formula is C8H11N3OS. The molecule has 1 rings (SSSR count). The van der Waals surface area contributed by atoms with E-state index in [0.717, 1.165) is 4.90 Å². The molecule has 13 heavy (non-hydrogen) atoms. The lowest BCUT2D eigenvalue weighted by Crippen LogP contribution is -2.14. The summed E-state index contributed by atoms with van der Waals surface area (Å²) in [5.74, 6) is -0.555. The standard InChI is InChI=1S/C8H11N3OS/c1-13-4-2-5(8(11)12)7(10)6(9)3-4/h2-3H,9-10H2,1H3,(H2,11,12). The van der Waals surface area contributed by atoms with Crippen molar-refractivity contribution in [2.45, 2.75) is 4.90 Å². The first-order chi connectivity index (χ1) is 6.06. The monoisotopic (exact) mass is 197 g/mol. The highest BCUT2D eigenvalue weighted by Crippen LogP contribution is 2.26. The second-order valence-corrected chi connectivity index (χ2v) is 3.42. The predicted octanol–water partition coefficient (Wildman–Crippen LogP) is 0.672. The van der Waals surface area contributed by atoms with Gasteiger partial charge in [0.25, 0.3) is 5.91 Å². The minimum absolute atomic E-state index is 0.255. The molecular weight excluding hydrogens is 186 g/mol. The van der Waals surface area contributed by atoms with E-state index in [2.05, 4.69) is 0 Å². The summed E-state index contributed by atoms with van der Waals surface area (Å²) in [5.41, 5.74) is 17.2. The summed E-state index contributed by atoms with van der Waals surface area (Å²) >= 11 is 1.48. The van der Waals surface area contributed by atoms with Gasteiger partial charge in [-0.25, -0.2) is 0 Å². The number of benzene rings is 1. The number of amides is 1. The van der Waals surface area contributed by atoms with Gasteiger partial charge >= 0.3 is 0 Å². The second-order valence-electron chi connectivity index (χ2n) is 2.54. The Kier molecular flexibility index (Phi) is 2.67. The van der Waals surface area contributed by atoms with Gasteiger partial charge in [0, 0.05) is 4.90 Å². The van der Waals surface area contributed by atoms with E-state index in [0.29, 0.717) is 5.69 Å². The molecule has 0 aliphatic carbocycles. The summed E-state index contributed by atoms with van der Waals surface area (Å²) < 4.78 is 0. The highest BCUT2D eigenvalue weighted by atomic mass is 32.2. The van der Waals surface area contributed by atoms with Crippen LogP contribution in [0.15, 0.2) is 17.0 Å². The van der Waals surface area contributed by atoms with Crippen LogP contribution >= 0.6 is 11.8 Å². The molecule has 4 nitrogen and oxygen atoms in total. The van der Waals surface area contributed by atoms with E-state index in [-0.39, 0.29) is 11.3 Å². The SMILES string of the molecule is CSc1cc(N)c(N)c(C(N)=O)c1. The Hall–Kier alpha value is -1.36. The topological polar surface area (TPSA) is 95.1 Å². The Morgan fingerprint density at radius 1 is 1.38 bits per heavy atom. The molecule has 0 atom stereocenters. The highest BCUT2D eigenvalue weighted by molar-refractivity contribution is 7.98. The van der Waals surface area contributed by atoms with Gasteiger partial charge in [0.1, 0.15) is 0 Å². The molecule has 0 radical (unpaired) electrons. The van der Waals surface area contributed by atoms with Crippen LogP contribution in [0.2, 0.25) is 0 Å². The zero-order chi connectivity index (χ0) is 10.0. The van der Waals surface area contributed by atoms with Crippen LogP contribution in [0.1, 0.15) is 10.4 Å². The van der Waals surface area contributed by atoms with E-state index < -0.39 is 5.91 Å². The maximum Gasteiger partial charge on any atom is 0.250 e. The fourth-order valence-corrected chi connectivity index (χ4v) is 1.45. The Balaban J connectivity index is 3.33. The van der Waals surface area contributed by atoms with Crippen LogP contribution in [-0.4, -0.2) is 12.2 Å². The molecule has 1 aromatic rings. The molecule has 0 aliphatic heterocycles. The number of nitrogen functional groups attached to an aromatic ring is 2. The number of nitrogens with two attached hydrogens (primary N) is 3. The quantitative estimate of drug-likeness (QED) is 0.479. The average Bonchev–Trinajstić information content (AvgIpc) is 2.09. The fourth-order valence-electron chi connectivity index (χ4n) is 0.970. The third kappa shape index (κ3) is 1.86. The van der Waals surface area contributed by atoms with Crippen LogP contribution < -0.4 is 17.2 Å². The van der Waals surface area contributed by atoms with Gasteiger partial charge in [-0.2, -0.15) is 0 Å². The molecule has 0 spiro atoms. The van der Waals surface area contributed by atoms with E-state index in [9.17, 15) is 4.79 Å². The Labute approximate surface area is 80.5 Å². The molecule has 0 fully saturated rings. The predicted molar refractivity (Wildman–Crippen MR) is 55.6 cm³/mol. The molecule has 0 saturated heterocycles. The maximum absolute atomic E-state index is 10.9. The van der Waals surface area contributed by atoms with Crippen molar-refractivity contribution in [2.75, 3.05) is 17.7 Å². The number of carbonyl (C=O) groups excluding carboxylic acids is 1. The van der Waals surface area contributed by atoms with Crippen LogP contribution in [-0.2, 0) is 0 Å². The summed E-state index contributed by atoms with van der Waals surface area (Å²) in [6.07, 6.45) is 1.88. The number of thioether (sulfide) groups is 1. The first kappa shape index (κ1) is 9.73. The van der Waals surface area contributed by atoms with Gasteiger partial charge in [0.05, 0.1) is 16.9 Å². The first-order valence-corrected chi connectivity index (χ1v) is 4.81. The zero-order valence-electron chi connectivity index (χ0n) is 7.20. The summed E-state index contributed by atoms with van der Waals surface area (Å²) in [7, 11) is 0. The van der Waals surface area contributed by atoms with Gasteiger partial charge in [0.2, 0.25) is 0 Å². The third-order valence-electron chi connectivity index (χ3n) is 1.69. The van der Waals surface area contributed by atoms with Gasteiger partial charge in [-0.05, 0) is 18.4 Å². The highest BCUT2D eigenvalue weighted by Gasteiger charge is 2.09. The van der Waals surface area contributed by atoms with Gasteiger partial charge in [-0.3, -0.25) is 4.79 Å². The van der Waals surface area contributed by atoms with Gasteiger partial charge in [-0.15, -0.1) is 11.8 Å². The molecule has 1 amide bonds. The van der Waals surface area contributed by atoms with Crippen molar-refractivity contribution < 1.29 is 4.79 Å². The number of primary amides is 1. The van der Waals surface area contributed by atoms with Gasteiger partial charge < -0.3 is 17.2 Å². The van der Waals surface area contributed by atoms with Crippen LogP contribution in [0.3, 0.4) is 0 Å².